The van der Waals surface area contributed by atoms with Crippen molar-refractivity contribution in [1.82, 2.24) is 16.0 Å². The van der Waals surface area contributed by atoms with Crippen LogP contribution in [0.2, 0.25) is 0 Å². The summed E-state index contributed by atoms with van der Waals surface area (Å²) in [5, 5.41) is 34.8. The maximum absolute atomic E-state index is 12.7. The number of aliphatic carboxylic acids is 2. The van der Waals surface area contributed by atoms with Gasteiger partial charge in [0.2, 0.25) is 17.7 Å². The average molecular weight is 479 g/mol. The second kappa shape index (κ2) is 14.6. The molecule has 0 radical (unpaired) electrons. The Labute approximate surface area is 191 Å². The van der Waals surface area contributed by atoms with E-state index >= 15 is 0 Å². The fourth-order valence-corrected chi connectivity index (χ4v) is 3.14. The first kappa shape index (κ1) is 29.6. The Morgan fingerprint density at radius 3 is 1.91 bits per heavy atom. The molecule has 5 atom stereocenters. The number of thioether (sulfide) groups is 1. The molecule has 0 heterocycles. The monoisotopic (exact) mass is 478 g/mol. The molecule has 0 aliphatic rings. The van der Waals surface area contributed by atoms with Crippen LogP contribution in [0.4, 0.5) is 0 Å². The van der Waals surface area contributed by atoms with Crippen LogP contribution in [-0.2, 0) is 24.0 Å². The van der Waals surface area contributed by atoms with Gasteiger partial charge in [0.1, 0.15) is 18.1 Å². The van der Waals surface area contributed by atoms with Crippen molar-refractivity contribution in [3.05, 3.63) is 0 Å². The number of nitrogens with one attached hydrogen (secondary N) is 3. The van der Waals surface area contributed by atoms with E-state index in [0.29, 0.717) is 12.2 Å². The maximum atomic E-state index is 12.7. The molecule has 32 heavy (non-hydrogen) atoms. The van der Waals surface area contributed by atoms with Crippen molar-refractivity contribution in [3.8, 4) is 0 Å². The molecule has 0 aromatic rings. The molecule has 0 aromatic carbocycles. The van der Waals surface area contributed by atoms with Gasteiger partial charge in [0.25, 0.3) is 0 Å². The lowest BCUT2D eigenvalue weighted by molar-refractivity contribution is -0.147. The minimum absolute atomic E-state index is 0.102. The van der Waals surface area contributed by atoms with E-state index in [2.05, 4.69) is 16.0 Å². The summed E-state index contributed by atoms with van der Waals surface area (Å²) in [7, 11) is 0. The van der Waals surface area contributed by atoms with Gasteiger partial charge in [0.15, 0.2) is 0 Å². The largest absolute Gasteiger partial charge is 0.481 e. The Morgan fingerprint density at radius 2 is 1.47 bits per heavy atom. The number of carboxylic acids is 2. The van der Waals surface area contributed by atoms with Crippen LogP contribution in [0.1, 0.15) is 40.0 Å². The Kier molecular flexibility index (Phi) is 13.5. The molecule has 3 amide bonds. The van der Waals surface area contributed by atoms with Crippen molar-refractivity contribution in [1.29, 1.82) is 0 Å². The second-order valence-electron chi connectivity index (χ2n) is 7.80. The van der Waals surface area contributed by atoms with Crippen molar-refractivity contribution in [2.24, 2.45) is 11.7 Å². The van der Waals surface area contributed by atoms with Crippen LogP contribution in [0, 0.1) is 5.92 Å². The van der Waals surface area contributed by atoms with Crippen LogP contribution >= 0.6 is 11.8 Å². The number of carbonyl (C=O) groups excluding carboxylic acids is 3. The molecule has 0 aliphatic heterocycles. The molecule has 0 aromatic heterocycles. The Bertz CT molecular complexity index is 674. The highest BCUT2D eigenvalue weighted by molar-refractivity contribution is 7.98. The summed E-state index contributed by atoms with van der Waals surface area (Å²) in [6.45, 7) is 4.80. The number of hydrogen-bond acceptors (Lipinski definition) is 8. The molecule has 13 heteroatoms. The number of rotatable bonds is 15. The third-order valence-corrected chi connectivity index (χ3v) is 5.01. The van der Waals surface area contributed by atoms with E-state index < -0.39 is 66.4 Å². The predicted molar refractivity (Wildman–Crippen MR) is 118 cm³/mol. The normalized spacial score (nSPS) is 15.7. The van der Waals surface area contributed by atoms with Gasteiger partial charge in [0, 0.05) is 0 Å². The molecule has 8 N–H and O–H groups in total. The van der Waals surface area contributed by atoms with Crippen molar-refractivity contribution < 1.29 is 39.3 Å². The highest BCUT2D eigenvalue weighted by atomic mass is 32.2. The maximum Gasteiger partial charge on any atom is 0.326 e. The van der Waals surface area contributed by atoms with Gasteiger partial charge in [-0.15, -0.1) is 0 Å². The minimum Gasteiger partial charge on any atom is -0.481 e. The molecule has 12 nitrogen and oxygen atoms in total. The molecule has 0 aliphatic carbocycles. The lowest BCUT2D eigenvalue weighted by Gasteiger charge is -2.27. The van der Waals surface area contributed by atoms with Gasteiger partial charge >= 0.3 is 11.9 Å². The molecule has 0 saturated carbocycles. The number of aliphatic hydroxyl groups is 1. The Balaban J connectivity index is 5.40. The highest BCUT2D eigenvalue weighted by Crippen LogP contribution is 2.08. The van der Waals surface area contributed by atoms with E-state index in [-0.39, 0.29) is 12.3 Å². The first-order valence-electron chi connectivity index (χ1n) is 10.1. The predicted octanol–water partition coefficient (Wildman–Crippen LogP) is -1.49. The number of carboxylic acid groups (broad SMARTS) is 2. The molecule has 0 bridgehead atoms. The van der Waals surface area contributed by atoms with Crippen LogP contribution in [-0.4, -0.2) is 87.3 Å². The van der Waals surface area contributed by atoms with E-state index in [4.69, 9.17) is 15.9 Å². The van der Waals surface area contributed by atoms with Gasteiger partial charge in [-0.25, -0.2) is 4.79 Å². The summed E-state index contributed by atoms with van der Waals surface area (Å²) in [6, 6.07) is -5.20. The van der Waals surface area contributed by atoms with Crippen LogP contribution in [0.3, 0.4) is 0 Å². The molecule has 0 fully saturated rings. The molecule has 0 rings (SSSR count). The molecule has 5 unspecified atom stereocenters. The Morgan fingerprint density at radius 1 is 0.906 bits per heavy atom. The van der Waals surface area contributed by atoms with Crippen molar-refractivity contribution in [2.75, 3.05) is 12.0 Å². The van der Waals surface area contributed by atoms with E-state index in [0.717, 1.165) is 0 Å². The molecule has 0 spiro atoms. The quantitative estimate of drug-likeness (QED) is 0.145. The number of nitrogens with two attached hydrogens (primary N) is 1. The first-order chi connectivity index (χ1) is 14.8. The summed E-state index contributed by atoms with van der Waals surface area (Å²) in [6.07, 6.45) is 0.156. The van der Waals surface area contributed by atoms with Gasteiger partial charge in [0.05, 0.1) is 18.6 Å². The zero-order chi connectivity index (χ0) is 25.0. The summed E-state index contributed by atoms with van der Waals surface area (Å²) in [5.41, 5.74) is 5.78. The van der Waals surface area contributed by atoms with E-state index in [1.54, 1.807) is 13.8 Å². The van der Waals surface area contributed by atoms with Gasteiger partial charge in [-0.2, -0.15) is 11.8 Å². The number of hydrogen-bond donors (Lipinski definition) is 7. The van der Waals surface area contributed by atoms with Crippen molar-refractivity contribution in [3.63, 3.8) is 0 Å². The standard InChI is InChI=1S/C19H34N4O8S/c1-9(2)7-12(17(28)22-13(19(30)31)8-14(25)26)21-18(29)15(10(3)24)23-16(27)11(20)5-6-32-4/h9-13,15,24H,5-8,20H2,1-4H3,(H,21,29)(H,22,28)(H,23,27)(H,25,26)(H,30,31). The zero-order valence-corrected chi connectivity index (χ0v) is 19.5. The molecular formula is C19H34N4O8S. The van der Waals surface area contributed by atoms with Gasteiger partial charge in [-0.1, -0.05) is 13.8 Å². The molecule has 184 valence electrons. The van der Waals surface area contributed by atoms with E-state index in [9.17, 15) is 29.1 Å². The average Bonchev–Trinajstić information content (AvgIpc) is 2.67. The number of amides is 3. The summed E-state index contributed by atoms with van der Waals surface area (Å²) >= 11 is 1.49. The SMILES string of the molecule is CSCCC(N)C(=O)NC(C(=O)NC(CC(C)C)C(=O)NC(CC(=O)O)C(=O)O)C(C)O. The fourth-order valence-electron chi connectivity index (χ4n) is 2.65. The molecule has 0 saturated heterocycles. The minimum atomic E-state index is -1.69. The van der Waals surface area contributed by atoms with Gasteiger partial charge in [-0.05, 0) is 37.7 Å². The van der Waals surface area contributed by atoms with Crippen LogP contribution in [0.5, 0.6) is 0 Å². The van der Waals surface area contributed by atoms with Crippen molar-refractivity contribution >= 4 is 41.4 Å². The Hall–Kier alpha value is -2.38. The van der Waals surface area contributed by atoms with Crippen LogP contribution < -0.4 is 21.7 Å². The van der Waals surface area contributed by atoms with Crippen molar-refractivity contribution in [2.45, 2.75) is 70.3 Å². The second-order valence-corrected chi connectivity index (χ2v) is 8.79. The highest BCUT2D eigenvalue weighted by Gasteiger charge is 2.33. The smallest absolute Gasteiger partial charge is 0.326 e. The first-order valence-corrected chi connectivity index (χ1v) is 11.5. The third kappa shape index (κ3) is 11.3. The van der Waals surface area contributed by atoms with E-state index in [1.165, 1.54) is 18.7 Å². The third-order valence-electron chi connectivity index (χ3n) is 4.37. The number of carbonyl (C=O) groups is 5. The van der Waals surface area contributed by atoms with Gasteiger partial charge in [-0.3, -0.25) is 19.2 Å². The zero-order valence-electron chi connectivity index (χ0n) is 18.7. The van der Waals surface area contributed by atoms with Crippen LogP contribution in [0.15, 0.2) is 0 Å². The topological polar surface area (TPSA) is 208 Å². The molecular weight excluding hydrogens is 444 g/mol. The fraction of sp³-hybridized carbons (Fsp3) is 0.737. The summed E-state index contributed by atoms with van der Waals surface area (Å²) in [5.74, 6) is -4.84. The lowest BCUT2D eigenvalue weighted by Crippen LogP contribution is -2.60. The van der Waals surface area contributed by atoms with Crippen LogP contribution in [0.25, 0.3) is 0 Å². The lowest BCUT2D eigenvalue weighted by atomic mass is 10.0. The summed E-state index contributed by atoms with van der Waals surface area (Å²) in [4.78, 5) is 59.7. The van der Waals surface area contributed by atoms with Gasteiger partial charge < -0.3 is 37.0 Å². The number of aliphatic hydroxyl groups excluding tert-OH is 1. The van der Waals surface area contributed by atoms with E-state index in [1.807, 2.05) is 6.26 Å². The summed E-state index contributed by atoms with van der Waals surface area (Å²) < 4.78 is 0.